The van der Waals surface area contributed by atoms with Crippen LogP contribution in [0.5, 0.6) is 0 Å². The number of benzene rings is 3. The van der Waals surface area contributed by atoms with Crippen LogP contribution in [-0.2, 0) is 4.74 Å². The fourth-order valence-corrected chi connectivity index (χ4v) is 4.87. The van der Waals surface area contributed by atoms with E-state index in [9.17, 15) is 14.3 Å². The first-order valence-electron chi connectivity index (χ1n) is 11.2. The van der Waals surface area contributed by atoms with E-state index in [0.717, 1.165) is 11.9 Å². The van der Waals surface area contributed by atoms with Crippen LogP contribution in [0.3, 0.4) is 0 Å². The standard InChI is InChI=1S/C27H23F2N3O3/c28-19-5-7-20(8-6-19)32-21-13-18(14-30)25(31)24(29)23(21)22(26(32)16-9-11-35-12-10-16)15-1-3-17(4-2-15)27(33)34/h1-8,13-14,16,30H,9-12,31H2,(H,33,34). The molecule has 0 saturated carbocycles. The first-order chi connectivity index (χ1) is 16.9. The number of aromatic carboxylic acids is 1. The lowest BCUT2D eigenvalue weighted by Gasteiger charge is -2.26. The Balaban J connectivity index is 1.92. The van der Waals surface area contributed by atoms with E-state index < -0.39 is 17.6 Å². The van der Waals surface area contributed by atoms with Gasteiger partial charge in [0.05, 0.1) is 16.8 Å². The van der Waals surface area contributed by atoms with Crippen molar-refractivity contribution in [1.29, 1.82) is 5.41 Å². The number of carbonyl (C=O) groups is 1. The molecule has 35 heavy (non-hydrogen) atoms. The molecule has 0 amide bonds. The van der Waals surface area contributed by atoms with Gasteiger partial charge in [-0.3, -0.25) is 0 Å². The fraction of sp³-hybridized carbons (Fsp3) is 0.185. The fourth-order valence-electron chi connectivity index (χ4n) is 4.87. The summed E-state index contributed by atoms with van der Waals surface area (Å²) in [7, 11) is 0. The van der Waals surface area contributed by atoms with Gasteiger partial charge in [0.2, 0.25) is 0 Å². The minimum Gasteiger partial charge on any atom is -0.478 e. The molecule has 0 aliphatic carbocycles. The summed E-state index contributed by atoms with van der Waals surface area (Å²) in [5, 5.41) is 17.4. The summed E-state index contributed by atoms with van der Waals surface area (Å²) < 4.78 is 37.2. The third-order valence-electron chi connectivity index (χ3n) is 6.57. The number of fused-ring (bicyclic) bond motifs is 1. The van der Waals surface area contributed by atoms with Gasteiger partial charge in [0.15, 0.2) is 5.82 Å². The predicted molar refractivity (Wildman–Crippen MR) is 131 cm³/mol. The monoisotopic (exact) mass is 475 g/mol. The van der Waals surface area contributed by atoms with Gasteiger partial charge in [0, 0.05) is 53.2 Å². The number of hydrogen-bond donors (Lipinski definition) is 3. The molecule has 2 heterocycles. The first kappa shape index (κ1) is 22.7. The Morgan fingerprint density at radius 2 is 1.74 bits per heavy atom. The summed E-state index contributed by atoms with van der Waals surface area (Å²) in [5.41, 5.74) is 9.52. The summed E-state index contributed by atoms with van der Waals surface area (Å²) in [6.07, 6.45) is 2.41. The number of aromatic nitrogens is 1. The number of carboxylic acid groups (broad SMARTS) is 1. The molecular formula is C27H23F2N3O3. The van der Waals surface area contributed by atoms with Crippen molar-refractivity contribution < 1.29 is 23.4 Å². The molecule has 4 N–H and O–H groups in total. The van der Waals surface area contributed by atoms with Crippen LogP contribution in [0.15, 0.2) is 54.6 Å². The van der Waals surface area contributed by atoms with Crippen molar-refractivity contribution in [2.45, 2.75) is 18.8 Å². The van der Waals surface area contributed by atoms with E-state index in [1.165, 1.54) is 24.3 Å². The smallest absolute Gasteiger partial charge is 0.335 e. The van der Waals surface area contributed by atoms with E-state index >= 15 is 4.39 Å². The summed E-state index contributed by atoms with van der Waals surface area (Å²) in [6.45, 7) is 1.09. The Labute approximate surface area is 200 Å². The number of nitrogen functional groups attached to an aromatic ring is 1. The van der Waals surface area contributed by atoms with E-state index in [1.54, 1.807) is 30.3 Å². The van der Waals surface area contributed by atoms with Gasteiger partial charge in [-0.15, -0.1) is 0 Å². The largest absolute Gasteiger partial charge is 0.478 e. The number of rotatable bonds is 5. The average molecular weight is 475 g/mol. The highest BCUT2D eigenvalue weighted by Gasteiger charge is 2.30. The Bertz CT molecular complexity index is 1440. The van der Waals surface area contributed by atoms with Crippen molar-refractivity contribution in [2.75, 3.05) is 18.9 Å². The Morgan fingerprint density at radius 1 is 1.09 bits per heavy atom. The van der Waals surface area contributed by atoms with Crippen molar-refractivity contribution in [3.05, 3.63) is 83.1 Å². The third kappa shape index (κ3) is 3.85. The zero-order chi connectivity index (χ0) is 24.7. The molecule has 1 fully saturated rings. The minimum atomic E-state index is -1.05. The highest BCUT2D eigenvalue weighted by molar-refractivity contribution is 6.05. The maximum Gasteiger partial charge on any atom is 0.335 e. The molecular weight excluding hydrogens is 452 g/mol. The van der Waals surface area contributed by atoms with Crippen LogP contribution in [0.4, 0.5) is 14.5 Å². The molecule has 3 aromatic carbocycles. The Kier molecular flexibility index (Phi) is 5.82. The van der Waals surface area contributed by atoms with E-state index in [0.29, 0.717) is 48.4 Å². The quantitative estimate of drug-likeness (QED) is 0.253. The molecule has 0 unspecified atom stereocenters. The van der Waals surface area contributed by atoms with Crippen LogP contribution in [0.2, 0.25) is 0 Å². The number of hydrogen-bond acceptors (Lipinski definition) is 4. The zero-order valence-electron chi connectivity index (χ0n) is 18.7. The van der Waals surface area contributed by atoms with E-state index in [4.69, 9.17) is 15.9 Å². The lowest BCUT2D eigenvalue weighted by molar-refractivity contribution is 0.0697. The van der Waals surface area contributed by atoms with Gasteiger partial charge in [-0.05, 0) is 60.9 Å². The van der Waals surface area contributed by atoms with Gasteiger partial charge in [-0.2, -0.15) is 0 Å². The third-order valence-corrected chi connectivity index (χ3v) is 6.57. The second-order valence-corrected chi connectivity index (χ2v) is 8.57. The number of carboxylic acids is 1. The van der Waals surface area contributed by atoms with Crippen molar-refractivity contribution in [3.8, 4) is 16.8 Å². The summed E-state index contributed by atoms with van der Waals surface area (Å²) in [4.78, 5) is 11.4. The highest BCUT2D eigenvalue weighted by Crippen LogP contribution is 2.45. The number of nitrogens with two attached hydrogens (primary N) is 1. The van der Waals surface area contributed by atoms with Crippen molar-refractivity contribution >= 4 is 28.8 Å². The second-order valence-electron chi connectivity index (χ2n) is 8.57. The average Bonchev–Trinajstić information content (AvgIpc) is 3.22. The van der Waals surface area contributed by atoms with E-state index in [-0.39, 0.29) is 28.1 Å². The molecule has 1 aliphatic rings. The highest BCUT2D eigenvalue weighted by atomic mass is 19.1. The molecule has 6 nitrogen and oxygen atoms in total. The Morgan fingerprint density at radius 3 is 2.34 bits per heavy atom. The molecule has 1 saturated heterocycles. The number of nitrogens with zero attached hydrogens (tertiary/aromatic N) is 1. The molecule has 1 aliphatic heterocycles. The van der Waals surface area contributed by atoms with Crippen molar-refractivity contribution in [2.24, 2.45) is 0 Å². The molecule has 1 aromatic heterocycles. The normalized spacial score (nSPS) is 14.3. The van der Waals surface area contributed by atoms with Crippen LogP contribution in [0.25, 0.3) is 27.7 Å². The first-order valence-corrected chi connectivity index (χ1v) is 11.2. The number of halogens is 2. The summed E-state index contributed by atoms with van der Waals surface area (Å²) in [5.74, 6) is -2.09. The molecule has 4 aromatic rings. The molecule has 5 rings (SSSR count). The molecule has 178 valence electrons. The summed E-state index contributed by atoms with van der Waals surface area (Å²) in [6, 6.07) is 13.9. The Hall–Kier alpha value is -4.04. The van der Waals surface area contributed by atoms with Crippen LogP contribution in [-0.4, -0.2) is 35.1 Å². The lowest BCUT2D eigenvalue weighted by atomic mass is 9.89. The number of anilines is 1. The maximum absolute atomic E-state index is 15.9. The van der Waals surface area contributed by atoms with Crippen molar-refractivity contribution in [3.63, 3.8) is 0 Å². The van der Waals surface area contributed by atoms with Gasteiger partial charge in [-0.25, -0.2) is 13.6 Å². The van der Waals surface area contributed by atoms with Gasteiger partial charge in [0.1, 0.15) is 5.82 Å². The van der Waals surface area contributed by atoms with Crippen LogP contribution in [0, 0.1) is 17.0 Å². The minimum absolute atomic E-state index is 0.000547. The van der Waals surface area contributed by atoms with Gasteiger partial charge in [-0.1, -0.05) is 12.1 Å². The molecule has 0 radical (unpaired) electrons. The van der Waals surface area contributed by atoms with E-state index in [2.05, 4.69) is 0 Å². The van der Waals surface area contributed by atoms with Gasteiger partial charge in [0.25, 0.3) is 0 Å². The topological polar surface area (TPSA) is 101 Å². The predicted octanol–water partition coefficient (Wildman–Crippen LogP) is 5.75. The second kappa shape index (κ2) is 8.96. The lowest BCUT2D eigenvalue weighted by Crippen LogP contribution is -2.17. The van der Waals surface area contributed by atoms with Crippen LogP contribution in [0.1, 0.15) is 40.4 Å². The van der Waals surface area contributed by atoms with Crippen LogP contribution < -0.4 is 5.73 Å². The van der Waals surface area contributed by atoms with Crippen LogP contribution >= 0.6 is 0 Å². The molecule has 0 atom stereocenters. The number of ether oxygens (including phenoxy) is 1. The van der Waals surface area contributed by atoms with Crippen molar-refractivity contribution in [1.82, 2.24) is 4.57 Å². The number of nitrogens with one attached hydrogen (secondary N) is 1. The summed E-state index contributed by atoms with van der Waals surface area (Å²) >= 11 is 0. The van der Waals surface area contributed by atoms with Gasteiger partial charge >= 0.3 is 5.97 Å². The van der Waals surface area contributed by atoms with E-state index in [1.807, 2.05) is 4.57 Å². The molecule has 0 bridgehead atoms. The molecule has 8 heteroatoms. The maximum atomic E-state index is 15.9. The SMILES string of the molecule is N=Cc1cc2c(c(F)c1N)c(-c1ccc(C(=O)O)cc1)c(C1CCOCC1)n2-c1ccc(F)cc1. The molecule has 0 spiro atoms. The van der Waals surface area contributed by atoms with Gasteiger partial charge < -0.3 is 25.6 Å². The zero-order valence-corrected chi connectivity index (χ0v) is 18.7.